The molecule has 0 saturated carbocycles. The summed E-state index contributed by atoms with van der Waals surface area (Å²) in [5.41, 5.74) is 0. The summed E-state index contributed by atoms with van der Waals surface area (Å²) < 4.78 is 0. The molecule has 0 unspecified atom stereocenters. The molecule has 0 amide bonds. The average molecular weight is 353 g/mol. The van der Waals surface area contributed by atoms with Gasteiger partial charge in [-0.05, 0) is 6.42 Å². The minimum Gasteiger partial charge on any atom is -0.106 e. The van der Waals surface area contributed by atoms with Gasteiger partial charge in [-0.2, -0.15) is 0 Å². The molecule has 0 aliphatic heterocycles. The molecular weight excluding hydrogens is 288 g/mol. The van der Waals surface area contributed by atoms with Crippen molar-refractivity contribution < 1.29 is 0 Å². The first-order valence-electron chi connectivity index (χ1n) is 10.9. The average Bonchev–Trinajstić information content (AvgIpc) is 2.75. The summed E-state index contributed by atoms with van der Waals surface area (Å²) in [6.07, 6.45) is 5.56. The maximum atomic E-state index is 3.55. The van der Waals surface area contributed by atoms with Gasteiger partial charge in [-0.1, -0.05) is 137 Å². The van der Waals surface area contributed by atoms with Crippen LogP contribution in [0.1, 0.15) is 137 Å². The molecule has 160 valence electrons. The van der Waals surface area contributed by atoms with Crippen LogP contribution in [0.4, 0.5) is 0 Å². The summed E-state index contributed by atoms with van der Waals surface area (Å²) in [6, 6.07) is 0. The molecule has 0 heterocycles. The van der Waals surface area contributed by atoms with E-state index in [0.29, 0.717) is 0 Å². The van der Waals surface area contributed by atoms with E-state index in [1.165, 1.54) is 12.8 Å². The molecular formula is C24H64. The van der Waals surface area contributed by atoms with E-state index in [1.54, 1.807) is 0 Å². The summed E-state index contributed by atoms with van der Waals surface area (Å²) in [4.78, 5) is 0. The zero-order valence-corrected chi connectivity index (χ0v) is 21.8. The third-order valence-corrected chi connectivity index (χ3v) is 0.493. The summed E-state index contributed by atoms with van der Waals surface area (Å²) in [5, 5.41) is 0. The molecule has 0 spiro atoms. The van der Waals surface area contributed by atoms with Gasteiger partial charge in [0.25, 0.3) is 0 Å². The normalized spacial score (nSPS) is 4.21. The van der Waals surface area contributed by atoms with Crippen LogP contribution in [0.25, 0.3) is 0 Å². The van der Waals surface area contributed by atoms with Gasteiger partial charge in [-0.25, -0.2) is 0 Å². The maximum Gasteiger partial charge on any atom is -0.0356 e. The van der Waals surface area contributed by atoms with Crippen LogP contribution in [0.3, 0.4) is 0 Å². The van der Waals surface area contributed by atoms with Gasteiger partial charge in [0.15, 0.2) is 0 Å². The van der Waals surface area contributed by atoms with Crippen LogP contribution >= 0.6 is 0 Å². The highest BCUT2D eigenvalue weighted by Crippen LogP contribution is 1.82. The Morgan fingerprint density at radius 1 is 0.500 bits per heavy atom. The lowest BCUT2D eigenvalue weighted by Gasteiger charge is -1.72. The Hall–Kier alpha value is -0.520. The van der Waals surface area contributed by atoms with Crippen LogP contribution in [0.15, 0.2) is 25.8 Å². The Kier molecular flexibility index (Phi) is 2330. The van der Waals surface area contributed by atoms with E-state index < -0.39 is 0 Å². The van der Waals surface area contributed by atoms with E-state index in [9.17, 15) is 0 Å². The topological polar surface area (TPSA) is 0 Å². The summed E-state index contributed by atoms with van der Waals surface area (Å²) in [6.45, 7) is 43.9. The fourth-order valence-electron chi connectivity index (χ4n) is 0.204. The zero-order chi connectivity index (χ0) is 22.8. The fourth-order valence-corrected chi connectivity index (χ4v) is 0.204. The largest absolute Gasteiger partial charge is 0.106 e. The third kappa shape index (κ3) is 4110. The second kappa shape index (κ2) is 856. The van der Waals surface area contributed by atoms with E-state index >= 15 is 0 Å². The summed E-state index contributed by atoms with van der Waals surface area (Å²) >= 11 is 0. The van der Waals surface area contributed by atoms with Gasteiger partial charge in [0.1, 0.15) is 0 Å². The Bertz CT molecular complexity index is 37.3. The highest BCUT2D eigenvalue weighted by atomic mass is 13.7. The van der Waals surface area contributed by atoms with E-state index in [1.807, 2.05) is 103 Å². The molecule has 0 saturated heterocycles. The predicted octanol–water partition coefficient (Wildman–Crippen LogP) is 11.4. The van der Waals surface area contributed by atoms with Crippen LogP contribution in [0.2, 0.25) is 0 Å². The molecule has 0 aromatic carbocycles. The number of allylic oxidation sites excluding steroid dienone is 1. The maximum absolute atomic E-state index is 3.55. The lowest BCUT2D eigenvalue weighted by molar-refractivity contribution is 0.961. The second-order valence-corrected chi connectivity index (χ2v) is 1.78. The number of unbranched alkanes of at least 4 members (excludes halogenated alkanes) is 1. The molecule has 0 aromatic rings. The van der Waals surface area contributed by atoms with Crippen molar-refractivity contribution in [3.8, 4) is 0 Å². The summed E-state index contributed by atoms with van der Waals surface area (Å²) in [7, 11) is 0. The van der Waals surface area contributed by atoms with E-state index in [2.05, 4.69) is 40.5 Å². The quantitative estimate of drug-likeness (QED) is 0.433. The smallest absolute Gasteiger partial charge is 0.0356 e. The first kappa shape index (κ1) is 65.3. The van der Waals surface area contributed by atoms with Gasteiger partial charge in [0, 0.05) is 0 Å². The molecule has 0 aliphatic rings. The number of hydrogen-bond donors (Lipinski definition) is 0. The molecule has 0 N–H and O–H groups in total. The van der Waals surface area contributed by atoms with Gasteiger partial charge in [0.2, 0.25) is 0 Å². The van der Waals surface area contributed by atoms with Gasteiger partial charge in [-0.3, -0.25) is 0 Å². The molecule has 24 heavy (non-hydrogen) atoms. The first-order valence-corrected chi connectivity index (χ1v) is 10.9. The fraction of sp³-hybridized carbons (Fsp3) is 0.833. The number of hydrogen-bond acceptors (Lipinski definition) is 0. The first-order chi connectivity index (χ1) is 11.8. The Labute approximate surface area is 163 Å². The second-order valence-electron chi connectivity index (χ2n) is 1.78. The van der Waals surface area contributed by atoms with Gasteiger partial charge < -0.3 is 0 Å². The predicted molar refractivity (Wildman–Crippen MR) is 132 cm³/mol. The van der Waals surface area contributed by atoms with E-state index in [4.69, 9.17) is 0 Å². The van der Waals surface area contributed by atoms with Gasteiger partial charge in [-0.15, -0.1) is 19.7 Å². The summed E-state index contributed by atoms with van der Waals surface area (Å²) in [5.74, 6) is 0. The minimum absolute atomic E-state index is 1.15. The zero-order valence-electron chi connectivity index (χ0n) is 21.8. The Balaban J connectivity index is -0.0000000117. The Morgan fingerprint density at radius 2 is 0.625 bits per heavy atom. The molecule has 0 atom stereocenters. The van der Waals surface area contributed by atoms with Crippen molar-refractivity contribution in [3.05, 3.63) is 25.8 Å². The van der Waals surface area contributed by atoms with Crippen molar-refractivity contribution in [1.82, 2.24) is 0 Å². The molecule has 0 fully saturated rings. The lowest BCUT2D eigenvalue weighted by Crippen LogP contribution is -1.52. The van der Waals surface area contributed by atoms with Crippen molar-refractivity contribution in [2.75, 3.05) is 0 Å². The SMILES string of the molecule is C=C.C=CCCC.CC.CC.CC.CC.CC.CC.CC.CCC. The molecule has 0 bridgehead atoms. The van der Waals surface area contributed by atoms with Crippen molar-refractivity contribution in [1.29, 1.82) is 0 Å². The molecule has 0 rings (SSSR count). The van der Waals surface area contributed by atoms with Crippen LogP contribution < -0.4 is 0 Å². The molecule has 0 aromatic heterocycles. The number of rotatable bonds is 2. The van der Waals surface area contributed by atoms with Crippen LogP contribution in [0.5, 0.6) is 0 Å². The van der Waals surface area contributed by atoms with Gasteiger partial charge in [0.05, 0.1) is 0 Å². The van der Waals surface area contributed by atoms with E-state index in [0.717, 1.165) is 6.42 Å². The van der Waals surface area contributed by atoms with Crippen molar-refractivity contribution in [2.24, 2.45) is 0 Å². The minimum atomic E-state index is 1.15. The van der Waals surface area contributed by atoms with Crippen molar-refractivity contribution in [3.63, 3.8) is 0 Å². The molecule has 0 radical (unpaired) electrons. The van der Waals surface area contributed by atoms with Gasteiger partial charge >= 0.3 is 0 Å². The van der Waals surface area contributed by atoms with Crippen LogP contribution in [0, 0.1) is 0 Å². The van der Waals surface area contributed by atoms with Crippen LogP contribution in [-0.4, -0.2) is 0 Å². The molecule has 0 heteroatoms. The highest BCUT2D eigenvalue weighted by molar-refractivity contribution is 4.63. The highest BCUT2D eigenvalue weighted by Gasteiger charge is 1.61. The third-order valence-electron chi connectivity index (χ3n) is 0.493. The van der Waals surface area contributed by atoms with Crippen molar-refractivity contribution >= 4 is 0 Å². The monoisotopic (exact) mass is 353 g/mol. The lowest BCUT2D eigenvalue weighted by atomic mass is 10.3. The van der Waals surface area contributed by atoms with E-state index in [-0.39, 0.29) is 0 Å². The Morgan fingerprint density at radius 3 is 0.625 bits per heavy atom. The standard InChI is InChI=1S/C5H10.C3H8.7C2H6.C2H4/c1-3-5-4-2;1-3-2;8*1-2/h3H,1,4-5H2,2H3;3H2,1-2H3;7*1-2H3;1-2H2. The molecule has 0 aliphatic carbocycles. The van der Waals surface area contributed by atoms with Crippen molar-refractivity contribution in [2.45, 2.75) is 137 Å². The van der Waals surface area contributed by atoms with Crippen LogP contribution in [-0.2, 0) is 0 Å². The molecule has 0 nitrogen and oxygen atoms in total.